The number of amides is 1. The fourth-order valence-corrected chi connectivity index (χ4v) is 4.52. The fraction of sp³-hybridized carbons (Fsp3) is 0.0588. The van der Waals surface area contributed by atoms with Crippen molar-refractivity contribution in [1.29, 1.82) is 0 Å². The van der Waals surface area contributed by atoms with Crippen LogP contribution in [-0.2, 0) is 4.79 Å². The number of thioether (sulfide) groups is 1. The van der Waals surface area contributed by atoms with Crippen LogP contribution < -0.4 is 9.64 Å². The van der Waals surface area contributed by atoms with E-state index in [1.807, 2.05) is 24.3 Å². The van der Waals surface area contributed by atoms with Crippen LogP contribution in [0.4, 0.5) is 5.69 Å². The summed E-state index contributed by atoms with van der Waals surface area (Å²) in [4.78, 5) is 14.8. The molecule has 128 valence electrons. The Hall–Kier alpha value is -0.860. The van der Waals surface area contributed by atoms with Gasteiger partial charge in [-0.15, -0.1) is 0 Å². The first-order valence-corrected chi connectivity index (χ1v) is 10.2. The lowest BCUT2D eigenvalue weighted by molar-refractivity contribution is -0.113. The van der Waals surface area contributed by atoms with Gasteiger partial charge >= 0.3 is 0 Å². The van der Waals surface area contributed by atoms with Gasteiger partial charge in [-0.2, -0.15) is 0 Å². The van der Waals surface area contributed by atoms with E-state index in [4.69, 9.17) is 28.6 Å². The highest BCUT2D eigenvalue weighted by molar-refractivity contribution is 9.10. The number of ether oxygens (including phenoxy) is 1. The largest absolute Gasteiger partial charge is 0.496 e. The Kier molecular flexibility index (Phi) is 5.90. The highest BCUT2D eigenvalue weighted by Crippen LogP contribution is 2.38. The second-order valence-electron chi connectivity index (χ2n) is 5.01. The van der Waals surface area contributed by atoms with Gasteiger partial charge in [-0.05, 0) is 73.8 Å². The molecule has 3 rings (SSSR count). The van der Waals surface area contributed by atoms with Gasteiger partial charge in [0.05, 0.1) is 27.2 Å². The third-order valence-electron chi connectivity index (χ3n) is 3.43. The maximum atomic E-state index is 12.8. The first-order valence-electron chi connectivity index (χ1n) is 6.97. The summed E-state index contributed by atoms with van der Waals surface area (Å²) in [5, 5.41) is 0.523. The number of carbonyl (C=O) groups excluding carboxylic acids is 1. The van der Waals surface area contributed by atoms with Crippen molar-refractivity contribution in [3.05, 3.63) is 60.8 Å². The van der Waals surface area contributed by atoms with Crippen LogP contribution in [0.3, 0.4) is 0 Å². The van der Waals surface area contributed by atoms with E-state index in [2.05, 4.69) is 31.9 Å². The summed E-state index contributed by atoms with van der Waals surface area (Å²) in [5.74, 6) is 0.564. The molecule has 2 aromatic rings. The molecule has 2 aromatic carbocycles. The first kappa shape index (κ1) is 18.9. The Morgan fingerprint density at radius 3 is 2.60 bits per heavy atom. The van der Waals surface area contributed by atoms with E-state index < -0.39 is 0 Å². The molecule has 1 aliphatic heterocycles. The molecule has 0 radical (unpaired) electrons. The van der Waals surface area contributed by atoms with E-state index in [0.29, 0.717) is 19.9 Å². The van der Waals surface area contributed by atoms with Gasteiger partial charge in [-0.25, -0.2) is 0 Å². The van der Waals surface area contributed by atoms with Crippen LogP contribution in [0.1, 0.15) is 5.56 Å². The number of nitrogens with zero attached hydrogens (tertiary/aromatic N) is 1. The topological polar surface area (TPSA) is 29.5 Å². The van der Waals surface area contributed by atoms with Gasteiger partial charge in [-0.3, -0.25) is 9.69 Å². The van der Waals surface area contributed by atoms with Crippen molar-refractivity contribution < 1.29 is 9.53 Å². The Balaban J connectivity index is 1.92. The van der Waals surface area contributed by atoms with Crippen molar-refractivity contribution in [2.75, 3.05) is 12.0 Å². The van der Waals surface area contributed by atoms with E-state index >= 15 is 0 Å². The molecular weight excluding hydrogens is 510 g/mol. The third kappa shape index (κ3) is 3.95. The summed E-state index contributed by atoms with van der Waals surface area (Å²) in [6.07, 6.45) is 1.81. The lowest BCUT2D eigenvalue weighted by atomic mass is 10.2. The highest BCUT2D eigenvalue weighted by Gasteiger charge is 2.33. The van der Waals surface area contributed by atoms with Gasteiger partial charge in [0, 0.05) is 4.47 Å². The molecule has 1 fully saturated rings. The molecule has 1 saturated heterocycles. The van der Waals surface area contributed by atoms with E-state index in [1.165, 1.54) is 16.7 Å². The van der Waals surface area contributed by atoms with Crippen molar-refractivity contribution in [3.63, 3.8) is 0 Å². The second kappa shape index (κ2) is 7.80. The SMILES string of the molecule is COc1ccc(/C=C2/SC(=S)N(c3ccc(Br)c(Cl)c3)C2=O)cc1Br. The Morgan fingerprint density at radius 1 is 1.20 bits per heavy atom. The number of thiocarbonyl (C=S) groups is 1. The van der Waals surface area contributed by atoms with Crippen LogP contribution in [0.25, 0.3) is 6.08 Å². The Labute approximate surface area is 176 Å². The predicted molar refractivity (Wildman–Crippen MR) is 115 cm³/mol. The van der Waals surface area contributed by atoms with Crippen molar-refractivity contribution in [3.8, 4) is 5.75 Å². The number of hydrogen-bond acceptors (Lipinski definition) is 4. The molecule has 0 aromatic heterocycles. The zero-order chi connectivity index (χ0) is 18.1. The van der Waals surface area contributed by atoms with E-state index in [0.717, 1.165) is 20.3 Å². The quantitative estimate of drug-likeness (QED) is 0.353. The minimum absolute atomic E-state index is 0.166. The van der Waals surface area contributed by atoms with Gasteiger partial charge in [0.2, 0.25) is 0 Å². The molecule has 8 heteroatoms. The minimum Gasteiger partial charge on any atom is -0.496 e. The average Bonchev–Trinajstić information content (AvgIpc) is 2.84. The molecule has 1 aliphatic rings. The lowest BCUT2D eigenvalue weighted by Gasteiger charge is -2.15. The molecule has 0 atom stereocenters. The average molecular weight is 520 g/mol. The first-order chi connectivity index (χ1) is 11.9. The normalized spacial score (nSPS) is 16.0. The molecule has 0 saturated carbocycles. The van der Waals surface area contributed by atoms with Crippen molar-refractivity contribution in [2.45, 2.75) is 0 Å². The summed E-state index contributed by atoms with van der Waals surface area (Å²) in [6, 6.07) is 10.9. The molecule has 1 amide bonds. The monoisotopic (exact) mass is 517 g/mol. The molecule has 0 N–H and O–H groups in total. The number of benzene rings is 2. The predicted octanol–water partition coefficient (Wildman–Crippen LogP) is 6.28. The summed E-state index contributed by atoms with van der Waals surface area (Å²) in [5.41, 5.74) is 1.53. The Bertz CT molecular complexity index is 918. The maximum absolute atomic E-state index is 12.8. The standard InChI is InChI=1S/C17H10Br2ClNO2S2/c1-23-14-5-2-9(6-12(14)19)7-15-16(22)21(17(24)25-15)10-3-4-11(18)13(20)8-10/h2-8H,1H3/b15-7+. The lowest BCUT2D eigenvalue weighted by Crippen LogP contribution is -2.27. The van der Waals surface area contributed by atoms with Gasteiger partial charge in [0.1, 0.15) is 5.75 Å². The van der Waals surface area contributed by atoms with Crippen molar-refractivity contribution >= 4 is 89.4 Å². The number of halogens is 3. The van der Waals surface area contributed by atoms with Gasteiger partial charge < -0.3 is 4.74 Å². The van der Waals surface area contributed by atoms with Crippen LogP contribution in [0.15, 0.2) is 50.2 Å². The van der Waals surface area contributed by atoms with E-state index in [-0.39, 0.29) is 5.91 Å². The third-order valence-corrected chi connectivity index (χ3v) is 6.58. The van der Waals surface area contributed by atoms with Crippen LogP contribution in [0.2, 0.25) is 5.02 Å². The number of carbonyl (C=O) groups is 1. The molecule has 3 nitrogen and oxygen atoms in total. The molecule has 0 spiro atoms. The summed E-state index contributed by atoms with van der Waals surface area (Å²) in [6.45, 7) is 0. The molecule has 0 bridgehead atoms. The molecule has 1 heterocycles. The smallest absolute Gasteiger partial charge is 0.270 e. The summed E-state index contributed by atoms with van der Waals surface area (Å²) in [7, 11) is 1.61. The zero-order valence-corrected chi connectivity index (χ0v) is 18.3. The molecule has 25 heavy (non-hydrogen) atoms. The molecule has 0 aliphatic carbocycles. The van der Waals surface area contributed by atoms with E-state index in [1.54, 1.807) is 25.3 Å². The van der Waals surface area contributed by atoms with Crippen LogP contribution in [0, 0.1) is 0 Å². The van der Waals surface area contributed by atoms with Crippen LogP contribution in [-0.4, -0.2) is 17.3 Å². The fourth-order valence-electron chi connectivity index (χ4n) is 2.24. The van der Waals surface area contributed by atoms with Gasteiger partial charge in [0.15, 0.2) is 4.32 Å². The molecule has 0 unspecified atom stereocenters. The van der Waals surface area contributed by atoms with Crippen LogP contribution in [0.5, 0.6) is 5.75 Å². The number of methoxy groups -OCH3 is 1. The maximum Gasteiger partial charge on any atom is 0.270 e. The number of hydrogen-bond donors (Lipinski definition) is 0. The minimum atomic E-state index is -0.166. The second-order valence-corrected chi connectivity index (χ2v) is 8.80. The van der Waals surface area contributed by atoms with Crippen molar-refractivity contribution in [1.82, 2.24) is 0 Å². The van der Waals surface area contributed by atoms with Crippen LogP contribution >= 0.6 is 67.4 Å². The number of anilines is 1. The molecular formula is C17H10Br2ClNO2S2. The van der Waals surface area contributed by atoms with E-state index in [9.17, 15) is 4.79 Å². The Morgan fingerprint density at radius 2 is 1.96 bits per heavy atom. The van der Waals surface area contributed by atoms with Gasteiger partial charge in [0.25, 0.3) is 5.91 Å². The summed E-state index contributed by atoms with van der Waals surface area (Å²) >= 11 is 19.6. The zero-order valence-electron chi connectivity index (χ0n) is 12.8. The van der Waals surface area contributed by atoms with Gasteiger partial charge in [-0.1, -0.05) is 41.6 Å². The highest BCUT2D eigenvalue weighted by atomic mass is 79.9. The number of rotatable bonds is 3. The van der Waals surface area contributed by atoms with Crippen molar-refractivity contribution in [2.24, 2.45) is 0 Å². The summed E-state index contributed by atoms with van der Waals surface area (Å²) < 4.78 is 7.28.